The molecule has 2 heterocycles. The molecule has 0 atom stereocenters. The summed E-state index contributed by atoms with van der Waals surface area (Å²) in [4.78, 5) is 14.5. The third kappa shape index (κ3) is 0.930. The Kier molecular flexibility index (Phi) is 1.49. The van der Waals surface area contributed by atoms with Crippen LogP contribution in [0.15, 0.2) is 39.8 Å². The predicted molar refractivity (Wildman–Crippen MR) is 60.0 cm³/mol. The maximum Gasteiger partial charge on any atom is 0.257 e. The average molecular weight is 201 g/mol. The molecule has 0 amide bonds. The van der Waals surface area contributed by atoms with Crippen LogP contribution in [0.1, 0.15) is 0 Å². The maximum atomic E-state index is 11.6. The van der Waals surface area contributed by atoms with Gasteiger partial charge < -0.3 is 4.98 Å². The minimum Gasteiger partial charge on any atom is -0.321 e. The van der Waals surface area contributed by atoms with E-state index in [9.17, 15) is 4.79 Å². The van der Waals surface area contributed by atoms with Crippen molar-refractivity contribution in [2.45, 2.75) is 0 Å². The normalized spacial score (nSPS) is 11.1. The van der Waals surface area contributed by atoms with E-state index < -0.39 is 0 Å². The van der Waals surface area contributed by atoms with E-state index in [1.165, 1.54) is 0 Å². The molecule has 68 valence electrons. The summed E-state index contributed by atoms with van der Waals surface area (Å²) in [7, 11) is 0. The Morgan fingerprint density at radius 2 is 1.79 bits per heavy atom. The molecule has 0 spiro atoms. The Hall–Kier alpha value is -1.61. The van der Waals surface area contributed by atoms with Crippen molar-refractivity contribution < 1.29 is 0 Å². The fourth-order valence-corrected chi connectivity index (χ4v) is 2.53. The van der Waals surface area contributed by atoms with Crippen molar-refractivity contribution in [2.75, 3.05) is 0 Å². The van der Waals surface area contributed by atoms with Crippen LogP contribution in [0.3, 0.4) is 0 Å². The Morgan fingerprint density at radius 1 is 1.00 bits per heavy atom. The molecule has 0 saturated heterocycles. The zero-order chi connectivity index (χ0) is 9.54. The second-order valence-corrected chi connectivity index (χ2v) is 3.94. The molecular weight excluding hydrogens is 194 g/mol. The number of rotatable bonds is 0. The van der Waals surface area contributed by atoms with E-state index in [2.05, 4.69) is 4.98 Å². The summed E-state index contributed by atoms with van der Waals surface area (Å²) >= 11 is 1.56. The fraction of sp³-hybridized carbons (Fsp3) is 0. The van der Waals surface area contributed by atoms with Gasteiger partial charge in [0.05, 0.1) is 5.39 Å². The van der Waals surface area contributed by atoms with E-state index in [1.54, 1.807) is 11.3 Å². The summed E-state index contributed by atoms with van der Waals surface area (Å²) in [5, 5.41) is 6.86. The van der Waals surface area contributed by atoms with E-state index in [0.29, 0.717) is 0 Å². The molecule has 14 heavy (non-hydrogen) atoms. The van der Waals surface area contributed by atoms with E-state index in [1.807, 2.05) is 35.0 Å². The van der Waals surface area contributed by atoms with E-state index in [4.69, 9.17) is 0 Å². The topological polar surface area (TPSA) is 32.9 Å². The zero-order valence-electron chi connectivity index (χ0n) is 7.28. The van der Waals surface area contributed by atoms with Crippen molar-refractivity contribution in [3.63, 3.8) is 0 Å². The molecule has 0 bridgehead atoms. The number of benzene rings is 1. The van der Waals surface area contributed by atoms with Crippen LogP contribution in [0.2, 0.25) is 0 Å². The largest absolute Gasteiger partial charge is 0.321 e. The van der Waals surface area contributed by atoms with Gasteiger partial charge in [0.15, 0.2) is 0 Å². The smallest absolute Gasteiger partial charge is 0.257 e. The Bertz CT molecular complexity index is 665. The van der Waals surface area contributed by atoms with Crippen molar-refractivity contribution in [3.8, 4) is 0 Å². The highest BCUT2D eigenvalue weighted by Crippen LogP contribution is 2.23. The van der Waals surface area contributed by atoms with Gasteiger partial charge in [-0.3, -0.25) is 4.79 Å². The van der Waals surface area contributed by atoms with Crippen LogP contribution < -0.4 is 5.56 Å². The monoisotopic (exact) mass is 201 g/mol. The van der Waals surface area contributed by atoms with Gasteiger partial charge in [0.1, 0.15) is 0 Å². The fourth-order valence-electron chi connectivity index (χ4n) is 1.70. The lowest BCUT2D eigenvalue weighted by molar-refractivity contribution is 1.35. The molecule has 1 N–H and O–H groups in total. The quantitative estimate of drug-likeness (QED) is 0.596. The first-order chi connectivity index (χ1) is 6.86. The first kappa shape index (κ1) is 7.76. The number of para-hydroxylation sites is 1. The number of nitrogens with one attached hydrogen (secondary N) is 1. The third-order valence-corrected chi connectivity index (χ3v) is 3.12. The van der Waals surface area contributed by atoms with Crippen molar-refractivity contribution in [2.24, 2.45) is 0 Å². The van der Waals surface area contributed by atoms with E-state index >= 15 is 0 Å². The minimum atomic E-state index is -0.0000463. The average Bonchev–Trinajstić information content (AvgIpc) is 2.67. The molecule has 0 aliphatic carbocycles. The number of aromatic nitrogens is 1. The lowest BCUT2D eigenvalue weighted by Crippen LogP contribution is -2.04. The number of hydrogen-bond donors (Lipinski definition) is 1. The van der Waals surface area contributed by atoms with Crippen LogP contribution >= 0.6 is 11.3 Å². The van der Waals surface area contributed by atoms with Gasteiger partial charge in [0, 0.05) is 21.7 Å². The van der Waals surface area contributed by atoms with Gasteiger partial charge in [0.25, 0.3) is 5.56 Å². The molecule has 0 fully saturated rings. The van der Waals surface area contributed by atoms with Gasteiger partial charge in [-0.1, -0.05) is 18.2 Å². The molecule has 0 aliphatic rings. The molecule has 2 nitrogen and oxygen atoms in total. The summed E-state index contributed by atoms with van der Waals surface area (Å²) in [5.74, 6) is 0. The van der Waals surface area contributed by atoms with E-state index in [0.717, 1.165) is 21.7 Å². The second kappa shape index (κ2) is 2.69. The summed E-state index contributed by atoms with van der Waals surface area (Å²) < 4.78 is 0. The first-order valence-corrected chi connectivity index (χ1v) is 5.27. The maximum absolute atomic E-state index is 11.6. The molecule has 0 unspecified atom stereocenters. The van der Waals surface area contributed by atoms with Gasteiger partial charge in [-0.05, 0) is 11.4 Å². The SMILES string of the molecule is O=c1[nH]c2ccccc2c2cscc12. The molecule has 3 aromatic rings. The lowest BCUT2D eigenvalue weighted by atomic mass is 10.1. The molecule has 0 aliphatic heterocycles. The van der Waals surface area contributed by atoms with Gasteiger partial charge >= 0.3 is 0 Å². The third-order valence-electron chi connectivity index (χ3n) is 2.37. The molecule has 3 rings (SSSR count). The summed E-state index contributed by atoms with van der Waals surface area (Å²) in [6.07, 6.45) is 0. The molecule has 0 saturated carbocycles. The van der Waals surface area contributed by atoms with Crippen molar-refractivity contribution in [1.82, 2.24) is 4.98 Å². The van der Waals surface area contributed by atoms with Gasteiger partial charge in [0.2, 0.25) is 0 Å². The van der Waals surface area contributed by atoms with Gasteiger partial charge in [-0.25, -0.2) is 0 Å². The van der Waals surface area contributed by atoms with E-state index in [-0.39, 0.29) is 5.56 Å². The van der Waals surface area contributed by atoms with Crippen LogP contribution in [0, 0.1) is 0 Å². The Labute approximate surface area is 83.8 Å². The van der Waals surface area contributed by atoms with Crippen LogP contribution in [-0.2, 0) is 0 Å². The predicted octanol–water partition coefficient (Wildman–Crippen LogP) is 2.74. The zero-order valence-corrected chi connectivity index (χ0v) is 8.10. The summed E-state index contributed by atoms with van der Waals surface area (Å²) in [6.45, 7) is 0. The number of H-pyrrole nitrogens is 1. The van der Waals surface area contributed by atoms with Crippen LogP contribution in [0.5, 0.6) is 0 Å². The standard InChI is InChI=1S/C11H7NOS/c13-11-9-6-14-5-8(9)7-3-1-2-4-10(7)12-11/h1-6H,(H,12,13). The summed E-state index contributed by atoms with van der Waals surface area (Å²) in [6, 6.07) is 7.86. The highest BCUT2D eigenvalue weighted by Gasteiger charge is 2.03. The van der Waals surface area contributed by atoms with Gasteiger partial charge in [-0.15, -0.1) is 0 Å². The highest BCUT2D eigenvalue weighted by atomic mass is 32.1. The van der Waals surface area contributed by atoms with Crippen LogP contribution in [0.4, 0.5) is 0 Å². The number of thiophene rings is 1. The van der Waals surface area contributed by atoms with Crippen molar-refractivity contribution >= 4 is 33.0 Å². The Balaban J connectivity index is 2.73. The number of hydrogen-bond acceptors (Lipinski definition) is 2. The molecule has 2 aromatic heterocycles. The number of pyridine rings is 1. The van der Waals surface area contributed by atoms with Crippen molar-refractivity contribution in [1.29, 1.82) is 0 Å². The molecule has 0 radical (unpaired) electrons. The lowest BCUT2D eigenvalue weighted by Gasteiger charge is -1.97. The minimum absolute atomic E-state index is 0.0000463. The van der Waals surface area contributed by atoms with Gasteiger partial charge in [-0.2, -0.15) is 11.3 Å². The highest BCUT2D eigenvalue weighted by molar-refractivity contribution is 7.09. The Morgan fingerprint density at radius 3 is 2.71 bits per heavy atom. The van der Waals surface area contributed by atoms with Crippen molar-refractivity contribution in [3.05, 3.63) is 45.4 Å². The number of fused-ring (bicyclic) bond motifs is 3. The first-order valence-electron chi connectivity index (χ1n) is 4.33. The molecule has 1 aromatic carbocycles. The van der Waals surface area contributed by atoms with Crippen LogP contribution in [0.25, 0.3) is 21.7 Å². The van der Waals surface area contributed by atoms with Crippen LogP contribution in [-0.4, -0.2) is 4.98 Å². The summed E-state index contributed by atoms with van der Waals surface area (Å²) in [5.41, 5.74) is 0.906. The second-order valence-electron chi connectivity index (χ2n) is 3.20. The molecule has 3 heteroatoms. The number of aromatic amines is 1. The molecular formula is C11H7NOS.